The van der Waals surface area contributed by atoms with Gasteiger partial charge in [-0.1, -0.05) is 0 Å². The first-order valence-corrected chi connectivity index (χ1v) is 5.70. The Morgan fingerprint density at radius 2 is 2.27 bits per heavy atom. The van der Waals surface area contributed by atoms with E-state index in [0.717, 1.165) is 32.2 Å². The number of methoxy groups -OCH3 is 1. The molecule has 1 fully saturated rings. The Balaban J connectivity index is 1.94. The first kappa shape index (κ1) is 12.5. The number of carboxylic acid groups (broad SMARTS) is 1. The minimum Gasteiger partial charge on any atom is -0.481 e. The summed E-state index contributed by atoms with van der Waals surface area (Å²) in [5.74, 6) is -0.699. The van der Waals surface area contributed by atoms with Gasteiger partial charge in [-0.2, -0.15) is 0 Å². The molecule has 2 atom stereocenters. The first-order chi connectivity index (χ1) is 7.22. The van der Waals surface area contributed by atoms with E-state index in [0.29, 0.717) is 12.1 Å². The fourth-order valence-electron chi connectivity index (χ4n) is 2.05. The predicted octanol–water partition coefficient (Wildman–Crippen LogP) is 1.40. The van der Waals surface area contributed by atoms with E-state index in [9.17, 15) is 4.79 Å². The monoisotopic (exact) mass is 215 g/mol. The number of hydrogen-bond donors (Lipinski definition) is 2. The molecule has 1 rings (SSSR count). The van der Waals surface area contributed by atoms with E-state index in [1.807, 2.05) is 0 Å². The van der Waals surface area contributed by atoms with Crippen molar-refractivity contribution >= 4 is 5.97 Å². The van der Waals surface area contributed by atoms with Crippen molar-refractivity contribution in [3.8, 4) is 0 Å². The second kappa shape index (κ2) is 6.80. The van der Waals surface area contributed by atoms with E-state index in [1.165, 1.54) is 6.42 Å². The summed E-state index contributed by atoms with van der Waals surface area (Å²) in [7, 11) is 1.76. The largest absolute Gasteiger partial charge is 0.481 e. The number of hydrogen-bond acceptors (Lipinski definition) is 3. The highest BCUT2D eigenvalue weighted by molar-refractivity contribution is 5.66. The van der Waals surface area contributed by atoms with Crippen LogP contribution in [0.15, 0.2) is 0 Å². The molecule has 15 heavy (non-hydrogen) atoms. The molecule has 0 radical (unpaired) electrons. The van der Waals surface area contributed by atoms with Gasteiger partial charge in [0.25, 0.3) is 0 Å². The van der Waals surface area contributed by atoms with E-state index < -0.39 is 5.97 Å². The number of unbranched alkanes of at least 4 members (excludes halogenated alkanes) is 1. The van der Waals surface area contributed by atoms with E-state index in [4.69, 9.17) is 9.84 Å². The van der Waals surface area contributed by atoms with Crippen LogP contribution in [0, 0.1) is 0 Å². The first-order valence-electron chi connectivity index (χ1n) is 5.70. The smallest absolute Gasteiger partial charge is 0.303 e. The van der Waals surface area contributed by atoms with Gasteiger partial charge in [0.05, 0.1) is 6.10 Å². The number of rotatable bonds is 7. The minimum atomic E-state index is -0.699. The van der Waals surface area contributed by atoms with Crippen LogP contribution < -0.4 is 5.32 Å². The zero-order valence-corrected chi connectivity index (χ0v) is 9.37. The van der Waals surface area contributed by atoms with Gasteiger partial charge in [-0.25, -0.2) is 0 Å². The average Bonchev–Trinajstić information content (AvgIpc) is 2.65. The Hall–Kier alpha value is -0.610. The van der Waals surface area contributed by atoms with Crippen LogP contribution in [0.3, 0.4) is 0 Å². The number of aliphatic carboxylic acids is 1. The predicted molar refractivity (Wildman–Crippen MR) is 57.9 cm³/mol. The van der Waals surface area contributed by atoms with Gasteiger partial charge in [-0.05, 0) is 38.6 Å². The highest BCUT2D eigenvalue weighted by atomic mass is 16.5. The maximum atomic E-state index is 10.3. The molecular formula is C11H21NO3. The Kier molecular flexibility index (Phi) is 5.65. The molecule has 88 valence electrons. The van der Waals surface area contributed by atoms with Crippen molar-refractivity contribution in [2.24, 2.45) is 0 Å². The SMILES string of the molecule is COC1CCC(NCCCCC(=O)O)C1. The molecule has 0 saturated heterocycles. The molecule has 0 spiro atoms. The van der Waals surface area contributed by atoms with Crippen molar-refractivity contribution in [3.63, 3.8) is 0 Å². The summed E-state index contributed by atoms with van der Waals surface area (Å²) in [5.41, 5.74) is 0. The zero-order valence-electron chi connectivity index (χ0n) is 9.37. The van der Waals surface area contributed by atoms with Gasteiger partial charge in [-0.3, -0.25) is 4.79 Å². The van der Waals surface area contributed by atoms with Crippen molar-refractivity contribution < 1.29 is 14.6 Å². The molecular weight excluding hydrogens is 194 g/mol. The molecule has 4 heteroatoms. The molecule has 0 aromatic heterocycles. The Morgan fingerprint density at radius 3 is 2.87 bits per heavy atom. The van der Waals surface area contributed by atoms with Gasteiger partial charge >= 0.3 is 5.97 Å². The summed E-state index contributed by atoms with van der Waals surface area (Å²) in [6, 6.07) is 0.569. The molecule has 0 aromatic carbocycles. The summed E-state index contributed by atoms with van der Waals surface area (Å²) in [4.78, 5) is 10.3. The molecule has 0 bridgehead atoms. The topological polar surface area (TPSA) is 58.6 Å². The van der Waals surface area contributed by atoms with Gasteiger partial charge in [0.15, 0.2) is 0 Å². The maximum absolute atomic E-state index is 10.3. The lowest BCUT2D eigenvalue weighted by molar-refractivity contribution is -0.137. The van der Waals surface area contributed by atoms with Crippen LogP contribution >= 0.6 is 0 Å². The molecule has 1 aliphatic carbocycles. The van der Waals surface area contributed by atoms with Crippen LogP contribution in [-0.4, -0.2) is 36.9 Å². The summed E-state index contributed by atoms with van der Waals surface area (Å²) in [6.45, 7) is 0.925. The van der Waals surface area contributed by atoms with Crippen LogP contribution in [0.4, 0.5) is 0 Å². The zero-order chi connectivity index (χ0) is 11.1. The molecule has 4 nitrogen and oxygen atoms in total. The highest BCUT2D eigenvalue weighted by Gasteiger charge is 2.23. The van der Waals surface area contributed by atoms with Crippen LogP contribution in [-0.2, 0) is 9.53 Å². The van der Waals surface area contributed by atoms with Gasteiger partial charge in [0, 0.05) is 19.6 Å². The number of nitrogens with one attached hydrogen (secondary N) is 1. The molecule has 0 aliphatic heterocycles. The van der Waals surface area contributed by atoms with Gasteiger partial charge < -0.3 is 15.2 Å². The molecule has 0 heterocycles. The molecule has 1 saturated carbocycles. The number of ether oxygens (including phenoxy) is 1. The van der Waals surface area contributed by atoms with E-state index >= 15 is 0 Å². The number of carboxylic acids is 1. The fourth-order valence-corrected chi connectivity index (χ4v) is 2.05. The van der Waals surface area contributed by atoms with E-state index in [2.05, 4.69) is 5.32 Å². The summed E-state index contributed by atoms with van der Waals surface area (Å²) in [6.07, 6.45) is 5.83. The van der Waals surface area contributed by atoms with Crippen molar-refractivity contribution in [2.45, 2.75) is 50.7 Å². The quantitative estimate of drug-likeness (QED) is 0.630. The van der Waals surface area contributed by atoms with Crippen molar-refractivity contribution in [1.82, 2.24) is 5.32 Å². The average molecular weight is 215 g/mol. The molecule has 0 aromatic rings. The third-order valence-corrected chi connectivity index (χ3v) is 2.97. The van der Waals surface area contributed by atoms with Gasteiger partial charge in [-0.15, -0.1) is 0 Å². The fraction of sp³-hybridized carbons (Fsp3) is 0.909. The second-order valence-electron chi connectivity index (χ2n) is 4.17. The molecule has 2 N–H and O–H groups in total. The van der Waals surface area contributed by atoms with E-state index in [1.54, 1.807) is 7.11 Å². The van der Waals surface area contributed by atoms with Crippen LogP contribution in [0.5, 0.6) is 0 Å². The summed E-state index contributed by atoms with van der Waals surface area (Å²) >= 11 is 0. The standard InChI is InChI=1S/C11H21NO3/c1-15-10-6-5-9(8-10)12-7-3-2-4-11(13)14/h9-10,12H,2-8H2,1H3,(H,13,14). The lowest BCUT2D eigenvalue weighted by atomic mass is 10.2. The minimum absolute atomic E-state index is 0.285. The normalized spacial score (nSPS) is 25.7. The third-order valence-electron chi connectivity index (χ3n) is 2.97. The summed E-state index contributed by atoms with van der Waals surface area (Å²) < 4.78 is 5.28. The van der Waals surface area contributed by atoms with Gasteiger partial charge in [0.1, 0.15) is 0 Å². The van der Waals surface area contributed by atoms with Crippen LogP contribution in [0.2, 0.25) is 0 Å². The lowest BCUT2D eigenvalue weighted by Crippen LogP contribution is -2.28. The van der Waals surface area contributed by atoms with E-state index in [-0.39, 0.29) is 6.42 Å². The van der Waals surface area contributed by atoms with Crippen LogP contribution in [0.1, 0.15) is 38.5 Å². The Bertz CT molecular complexity index is 196. The molecule has 2 unspecified atom stereocenters. The van der Waals surface area contributed by atoms with Gasteiger partial charge in [0.2, 0.25) is 0 Å². The Morgan fingerprint density at radius 1 is 1.47 bits per heavy atom. The lowest BCUT2D eigenvalue weighted by Gasteiger charge is -2.12. The third kappa shape index (κ3) is 5.14. The second-order valence-corrected chi connectivity index (χ2v) is 4.17. The maximum Gasteiger partial charge on any atom is 0.303 e. The molecule has 0 amide bonds. The van der Waals surface area contributed by atoms with Crippen molar-refractivity contribution in [3.05, 3.63) is 0 Å². The summed E-state index contributed by atoms with van der Waals surface area (Å²) in [5, 5.41) is 11.9. The Labute approximate surface area is 91.0 Å². The van der Waals surface area contributed by atoms with Crippen molar-refractivity contribution in [1.29, 1.82) is 0 Å². The van der Waals surface area contributed by atoms with Crippen LogP contribution in [0.25, 0.3) is 0 Å². The number of carbonyl (C=O) groups is 1. The molecule has 1 aliphatic rings. The highest BCUT2D eigenvalue weighted by Crippen LogP contribution is 2.21. The van der Waals surface area contributed by atoms with Crippen molar-refractivity contribution in [2.75, 3.05) is 13.7 Å².